The molecule has 8 nitrogen and oxygen atoms in total. The first-order valence-corrected chi connectivity index (χ1v) is 12.2. The van der Waals surface area contributed by atoms with Gasteiger partial charge in [-0.3, -0.25) is 19.4 Å². The van der Waals surface area contributed by atoms with Gasteiger partial charge in [0.05, 0.1) is 18.3 Å². The third-order valence-electron chi connectivity index (χ3n) is 7.44. The van der Waals surface area contributed by atoms with Crippen molar-refractivity contribution in [3.8, 4) is 0 Å². The Labute approximate surface area is 193 Å². The van der Waals surface area contributed by atoms with Crippen molar-refractivity contribution >= 4 is 11.8 Å². The fraction of sp³-hybridized carbons (Fsp3) is 0.560. The van der Waals surface area contributed by atoms with E-state index in [1.807, 2.05) is 4.90 Å². The largest absolute Gasteiger partial charge is 0.333 e. The Morgan fingerprint density at radius 2 is 1.85 bits per heavy atom. The Bertz CT molecular complexity index is 1080. The Morgan fingerprint density at radius 3 is 2.64 bits per heavy atom. The third-order valence-corrected chi connectivity index (χ3v) is 7.44. The van der Waals surface area contributed by atoms with E-state index >= 15 is 0 Å². The summed E-state index contributed by atoms with van der Waals surface area (Å²) in [6, 6.07) is 3.20. The summed E-state index contributed by atoms with van der Waals surface area (Å²) >= 11 is 0. The molecule has 1 N–H and O–H groups in total. The average molecular weight is 450 g/mol. The number of aromatic nitrogens is 3. The molecule has 2 aliphatic heterocycles. The van der Waals surface area contributed by atoms with Crippen LogP contribution >= 0.6 is 0 Å². The molecule has 33 heavy (non-hydrogen) atoms. The molecule has 1 saturated heterocycles. The highest BCUT2D eigenvalue weighted by Gasteiger charge is 2.33. The number of rotatable bonds is 5. The number of likely N-dealkylation sites (tertiary alicyclic amines) is 1. The van der Waals surface area contributed by atoms with E-state index in [0.29, 0.717) is 61.0 Å². The van der Waals surface area contributed by atoms with Gasteiger partial charge < -0.3 is 14.8 Å². The second-order valence-corrected chi connectivity index (χ2v) is 9.52. The monoisotopic (exact) mass is 449 g/mol. The van der Waals surface area contributed by atoms with E-state index in [-0.39, 0.29) is 23.4 Å². The Morgan fingerprint density at radius 1 is 1.06 bits per heavy atom. The number of amides is 2. The zero-order valence-corrected chi connectivity index (χ0v) is 19.0. The summed E-state index contributed by atoms with van der Waals surface area (Å²) < 4.78 is 0. The maximum atomic E-state index is 13.0. The number of nitrogens with one attached hydrogen (secondary N) is 1. The van der Waals surface area contributed by atoms with Crippen molar-refractivity contribution in [2.45, 2.75) is 70.4 Å². The van der Waals surface area contributed by atoms with Crippen LogP contribution in [0.2, 0.25) is 0 Å². The predicted octanol–water partition coefficient (Wildman–Crippen LogP) is 3.00. The molecule has 1 unspecified atom stereocenters. The summed E-state index contributed by atoms with van der Waals surface area (Å²) in [5, 5.41) is 0. The maximum Gasteiger partial charge on any atom is 0.254 e. The molecule has 174 valence electrons. The minimum atomic E-state index is -0.189. The minimum absolute atomic E-state index is 0.0868. The third kappa shape index (κ3) is 4.56. The molecule has 0 bridgehead atoms. The standard InChI is InChI=1S/C25H31N5O3/c31-22(8-7-17-4-1-2-5-17)30-14-3-6-21(30)23-27-20-16-29(15-11-19(20)24(32)28-23)25(33)18-9-12-26-13-10-18/h9-10,12-13,17,21H,1-8,11,14-16H2,(H,27,28,32). The van der Waals surface area contributed by atoms with Crippen LogP contribution in [0.25, 0.3) is 0 Å². The van der Waals surface area contributed by atoms with Crippen molar-refractivity contribution < 1.29 is 9.59 Å². The summed E-state index contributed by atoms with van der Waals surface area (Å²) in [5.41, 5.74) is 1.73. The Balaban J connectivity index is 1.32. The predicted molar refractivity (Wildman–Crippen MR) is 122 cm³/mol. The zero-order chi connectivity index (χ0) is 22.8. The average Bonchev–Trinajstić information content (AvgIpc) is 3.54. The summed E-state index contributed by atoms with van der Waals surface area (Å²) in [5.74, 6) is 1.32. The number of nitrogens with zero attached hydrogens (tertiary/aromatic N) is 4. The maximum absolute atomic E-state index is 13.0. The number of H-pyrrole nitrogens is 1. The quantitative estimate of drug-likeness (QED) is 0.757. The number of carbonyl (C=O) groups is 2. The van der Waals surface area contributed by atoms with Crippen molar-refractivity contribution in [2.24, 2.45) is 5.92 Å². The number of aromatic amines is 1. The van der Waals surface area contributed by atoms with Gasteiger partial charge in [0.2, 0.25) is 5.91 Å². The van der Waals surface area contributed by atoms with E-state index in [1.54, 1.807) is 29.4 Å². The lowest BCUT2D eigenvalue weighted by Gasteiger charge is -2.29. The summed E-state index contributed by atoms with van der Waals surface area (Å²) in [6.07, 6.45) is 12.0. The molecule has 2 aromatic rings. The van der Waals surface area contributed by atoms with Gasteiger partial charge in [-0.25, -0.2) is 4.98 Å². The van der Waals surface area contributed by atoms with Crippen molar-refractivity contribution in [3.05, 3.63) is 57.5 Å². The topological polar surface area (TPSA) is 99.3 Å². The number of hydrogen-bond acceptors (Lipinski definition) is 5. The fourth-order valence-electron chi connectivity index (χ4n) is 5.59. The highest BCUT2D eigenvalue weighted by Crippen LogP contribution is 2.33. The lowest BCUT2D eigenvalue weighted by Crippen LogP contribution is -2.40. The van der Waals surface area contributed by atoms with Crippen molar-refractivity contribution in [2.75, 3.05) is 13.1 Å². The van der Waals surface area contributed by atoms with Gasteiger partial charge in [-0.05, 0) is 43.7 Å². The van der Waals surface area contributed by atoms with Crippen molar-refractivity contribution in [1.29, 1.82) is 0 Å². The first kappa shape index (κ1) is 21.8. The van der Waals surface area contributed by atoms with E-state index in [9.17, 15) is 14.4 Å². The van der Waals surface area contributed by atoms with Crippen LogP contribution in [0.1, 0.15) is 84.8 Å². The van der Waals surface area contributed by atoms with E-state index in [1.165, 1.54) is 25.7 Å². The summed E-state index contributed by atoms with van der Waals surface area (Å²) in [4.78, 5) is 54.1. The van der Waals surface area contributed by atoms with Gasteiger partial charge in [-0.2, -0.15) is 0 Å². The van der Waals surface area contributed by atoms with E-state index in [4.69, 9.17) is 4.98 Å². The van der Waals surface area contributed by atoms with Crippen LogP contribution in [0, 0.1) is 5.92 Å². The molecule has 0 spiro atoms. The van der Waals surface area contributed by atoms with Gasteiger partial charge >= 0.3 is 0 Å². The SMILES string of the molecule is O=C(c1ccncc1)N1CCc2c(nc(C3CCCN3C(=O)CCC3CCCC3)[nH]c2=O)C1. The zero-order valence-electron chi connectivity index (χ0n) is 19.0. The molecular formula is C25H31N5O3. The first-order chi connectivity index (χ1) is 16.1. The van der Waals surface area contributed by atoms with Crippen LogP contribution in [-0.4, -0.2) is 49.7 Å². The second-order valence-electron chi connectivity index (χ2n) is 9.52. The minimum Gasteiger partial charge on any atom is -0.333 e. The highest BCUT2D eigenvalue weighted by atomic mass is 16.2. The molecule has 0 radical (unpaired) electrons. The molecule has 3 aliphatic rings. The number of carbonyl (C=O) groups excluding carboxylic acids is 2. The molecule has 8 heteroatoms. The van der Waals surface area contributed by atoms with Crippen LogP contribution in [0.4, 0.5) is 0 Å². The van der Waals surface area contributed by atoms with Crippen LogP contribution in [0.15, 0.2) is 29.3 Å². The number of hydrogen-bond donors (Lipinski definition) is 1. The van der Waals surface area contributed by atoms with Crippen LogP contribution in [-0.2, 0) is 17.8 Å². The van der Waals surface area contributed by atoms with Gasteiger partial charge in [0.25, 0.3) is 11.5 Å². The normalized spacial score (nSPS) is 20.8. The lowest BCUT2D eigenvalue weighted by molar-refractivity contribution is -0.132. The summed E-state index contributed by atoms with van der Waals surface area (Å²) in [6.45, 7) is 1.49. The lowest BCUT2D eigenvalue weighted by atomic mass is 10.0. The van der Waals surface area contributed by atoms with Crippen molar-refractivity contribution in [3.63, 3.8) is 0 Å². The molecule has 4 heterocycles. The molecule has 1 atom stereocenters. The number of fused-ring (bicyclic) bond motifs is 1. The molecule has 2 fully saturated rings. The first-order valence-electron chi connectivity index (χ1n) is 12.2. The molecule has 0 aromatic carbocycles. The molecule has 1 aliphatic carbocycles. The Kier molecular flexibility index (Phi) is 6.24. The molecule has 2 amide bonds. The number of pyridine rings is 1. The van der Waals surface area contributed by atoms with E-state index in [0.717, 1.165) is 19.3 Å². The van der Waals surface area contributed by atoms with Crippen LogP contribution < -0.4 is 5.56 Å². The van der Waals surface area contributed by atoms with Crippen molar-refractivity contribution in [1.82, 2.24) is 24.8 Å². The van der Waals surface area contributed by atoms with Gasteiger partial charge in [0.1, 0.15) is 5.82 Å². The Hall–Kier alpha value is -3.03. The van der Waals surface area contributed by atoms with Crippen LogP contribution in [0.5, 0.6) is 0 Å². The van der Waals surface area contributed by atoms with Gasteiger partial charge in [0, 0.05) is 43.0 Å². The second kappa shape index (κ2) is 9.45. The molecule has 2 aromatic heterocycles. The summed E-state index contributed by atoms with van der Waals surface area (Å²) in [7, 11) is 0. The highest BCUT2D eigenvalue weighted by molar-refractivity contribution is 5.94. The smallest absolute Gasteiger partial charge is 0.254 e. The molecular weight excluding hydrogens is 418 g/mol. The van der Waals surface area contributed by atoms with Gasteiger partial charge in [-0.1, -0.05) is 25.7 Å². The van der Waals surface area contributed by atoms with E-state index in [2.05, 4.69) is 9.97 Å². The fourth-order valence-corrected chi connectivity index (χ4v) is 5.59. The molecule has 5 rings (SSSR count). The van der Waals surface area contributed by atoms with Crippen LogP contribution in [0.3, 0.4) is 0 Å². The molecule has 1 saturated carbocycles. The van der Waals surface area contributed by atoms with Gasteiger partial charge in [0.15, 0.2) is 0 Å². The van der Waals surface area contributed by atoms with Gasteiger partial charge in [-0.15, -0.1) is 0 Å². The van der Waals surface area contributed by atoms with E-state index < -0.39 is 0 Å².